The smallest absolute Gasteiger partial charge is 0.258 e. The van der Waals surface area contributed by atoms with Gasteiger partial charge in [0.25, 0.3) is 5.91 Å². The number of likely N-dealkylation sites (N-methyl/N-ethyl adjacent to an activating group) is 1. The van der Waals surface area contributed by atoms with Crippen LogP contribution >= 0.6 is 0 Å². The lowest BCUT2D eigenvalue weighted by Gasteiger charge is -2.30. The summed E-state index contributed by atoms with van der Waals surface area (Å²) in [5.74, 6) is 0.109. The Labute approximate surface area is 286 Å². The van der Waals surface area contributed by atoms with E-state index in [2.05, 4.69) is 15.4 Å². The summed E-state index contributed by atoms with van der Waals surface area (Å²) in [6, 6.07) is 11.5. The topological polar surface area (TPSA) is 120 Å². The lowest BCUT2D eigenvalue weighted by molar-refractivity contribution is -0.135. The molecule has 0 spiro atoms. The van der Waals surface area contributed by atoms with E-state index in [1.165, 1.54) is 30.5 Å². The van der Waals surface area contributed by atoms with E-state index in [-0.39, 0.29) is 37.0 Å². The van der Waals surface area contributed by atoms with E-state index in [0.717, 1.165) is 5.52 Å². The summed E-state index contributed by atoms with van der Waals surface area (Å²) < 4.78 is 44.5. The summed E-state index contributed by atoms with van der Waals surface area (Å²) in [6.45, 7) is 4.51. The van der Waals surface area contributed by atoms with Gasteiger partial charge in [0.15, 0.2) is 0 Å². The molecule has 1 saturated heterocycles. The van der Waals surface area contributed by atoms with E-state index in [1.807, 2.05) is 36.6 Å². The largest absolute Gasteiger partial charge is 0.488 e. The molecule has 258 valence electrons. The Morgan fingerprint density at radius 3 is 2.72 bits per heavy atom. The summed E-state index contributed by atoms with van der Waals surface area (Å²) in [5.41, 5.74) is 3.87. The molecule has 3 aromatic heterocycles. The Balaban J connectivity index is 1.19. The molecule has 2 aromatic carbocycles. The first-order chi connectivity index (χ1) is 24.1. The number of aryl methyl sites for hydroxylation is 1. The van der Waals surface area contributed by atoms with Gasteiger partial charge in [-0.2, -0.15) is 5.10 Å². The van der Waals surface area contributed by atoms with Crippen LogP contribution in [0.25, 0.3) is 28.0 Å². The molecule has 3 aliphatic heterocycles. The second-order valence-corrected chi connectivity index (χ2v) is 13.3. The molecule has 3 aliphatic rings. The highest BCUT2D eigenvalue weighted by Gasteiger charge is 2.43. The van der Waals surface area contributed by atoms with Crippen molar-refractivity contribution in [1.29, 1.82) is 0 Å². The molecule has 0 saturated carbocycles. The first-order valence-corrected chi connectivity index (χ1v) is 16.6. The van der Waals surface area contributed by atoms with E-state index in [0.29, 0.717) is 70.5 Å². The maximum atomic E-state index is 14.9. The fourth-order valence-corrected chi connectivity index (χ4v) is 7.50. The second-order valence-electron chi connectivity index (χ2n) is 13.3. The first-order valence-electron chi connectivity index (χ1n) is 16.6. The number of carbonyl (C=O) groups excluding carboxylic acids is 2. The fraction of sp³-hybridized carbons (Fsp3) is 0.361. The molecule has 4 atom stereocenters. The first kappa shape index (κ1) is 31.9. The number of nitrogens with one attached hydrogen (secondary N) is 1. The standard InChI is InChI=1S/C36H36F2N8O4/c1-19-10-30-26(15-39-46(30)29-9-8-21(37)13-32(29)50-19)35(47)45-16-23-14-31(45)36(48)43(3)17-24(49-4)18-44-20(2)40-28-12-22(38)11-25(34(28)44)27-6-5-7-33(41-23)42-27/h5-9,11-13,15,19,23-24,31H,10,14,16-18H2,1-4H3,(H,41,42)/t19?,23-,24-,31-/m0/s1. The van der Waals surface area contributed by atoms with Crippen LogP contribution in [-0.4, -0.2) is 97.5 Å². The fourth-order valence-electron chi connectivity index (χ4n) is 7.50. The van der Waals surface area contributed by atoms with Gasteiger partial charge in [0, 0.05) is 57.4 Å². The van der Waals surface area contributed by atoms with Gasteiger partial charge in [-0.05, 0) is 50.6 Å². The number of hydrogen-bond acceptors (Lipinski definition) is 8. The molecule has 5 aromatic rings. The summed E-state index contributed by atoms with van der Waals surface area (Å²) in [7, 11) is 3.30. The van der Waals surface area contributed by atoms with E-state index >= 15 is 0 Å². The molecule has 0 radical (unpaired) electrons. The summed E-state index contributed by atoms with van der Waals surface area (Å²) in [6.07, 6.45) is 1.38. The zero-order chi connectivity index (χ0) is 34.8. The summed E-state index contributed by atoms with van der Waals surface area (Å²) in [4.78, 5) is 41.5. The molecule has 1 N–H and O–H groups in total. The van der Waals surface area contributed by atoms with E-state index in [9.17, 15) is 18.4 Å². The van der Waals surface area contributed by atoms with Crippen molar-refractivity contribution >= 4 is 28.7 Å². The van der Waals surface area contributed by atoms with Gasteiger partial charge in [-0.3, -0.25) is 9.59 Å². The van der Waals surface area contributed by atoms with Gasteiger partial charge in [-0.15, -0.1) is 0 Å². The molecule has 12 nitrogen and oxygen atoms in total. The number of ether oxygens (including phenoxy) is 2. The summed E-state index contributed by atoms with van der Waals surface area (Å²) in [5, 5.41) is 7.98. The third-order valence-corrected chi connectivity index (χ3v) is 9.85. The van der Waals surface area contributed by atoms with Crippen LogP contribution in [0.15, 0.2) is 54.7 Å². The second kappa shape index (κ2) is 12.2. The number of rotatable bonds is 2. The number of amides is 2. The van der Waals surface area contributed by atoms with Crippen molar-refractivity contribution in [2.24, 2.45) is 0 Å². The molecule has 6 heterocycles. The lowest BCUT2D eigenvalue weighted by Crippen LogP contribution is -2.49. The predicted octanol–water partition coefficient (Wildman–Crippen LogP) is 4.38. The summed E-state index contributed by atoms with van der Waals surface area (Å²) >= 11 is 0. The van der Waals surface area contributed by atoms with Crippen LogP contribution in [0.4, 0.5) is 14.6 Å². The van der Waals surface area contributed by atoms with Gasteiger partial charge < -0.3 is 29.2 Å². The van der Waals surface area contributed by atoms with E-state index in [1.54, 1.807) is 34.7 Å². The van der Waals surface area contributed by atoms with E-state index in [4.69, 9.17) is 14.5 Å². The Morgan fingerprint density at radius 1 is 1.06 bits per heavy atom. The number of methoxy groups -OCH3 is 1. The van der Waals surface area contributed by atoms with Crippen LogP contribution in [-0.2, 0) is 22.5 Å². The Morgan fingerprint density at radius 2 is 1.90 bits per heavy atom. The maximum absolute atomic E-state index is 14.9. The Hall–Kier alpha value is -5.37. The molecule has 1 fully saturated rings. The number of carbonyl (C=O) groups is 2. The van der Waals surface area contributed by atoms with Crippen molar-refractivity contribution in [2.45, 2.75) is 57.5 Å². The number of pyridine rings is 1. The van der Waals surface area contributed by atoms with Gasteiger partial charge in [0.05, 0.1) is 46.8 Å². The highest BCUT2D eigenvalue weighted by molar-refractivity contribution is 5.99. The van der Waals surface area contributed by atoms with Crippen LogP contribution in [0.2, 0.25) is 0 Å². The molecule has 4 bridgehead atoms. The number of likely N-dealkylation sites (tertiary alicyclic amines) is 1. The molecule has 2 amide bonds. The highest BCUT2D eigenvalue weighted by Crippen LogP contribution is 2.34. The zero-order valence-corrected chi connectivity index (χ0v) is 28.1. The van der Waals surface area contributed by atoms with Crippen LogP contribution in [0.1, 0.15) is 35.2 Å². The number of benzene rings is 2. The Kier molecular flexibility index (Phi) is 7.77. The number of halogens is 2. The normalized spacial score (nSPS) is 21.8. The van der Waals surface area contributed by atoms with E-state index < -0.39 is 23.8 Å². The van der Waals surface area contributed by atoms with Gasteiger partial charge in [-0.1, -0.05) is 6.07 Å². The van der Waals surface area contributed by atoms with Gasteiger partial charge in [0.2, 0.25) is 5.91 Å². The number of anilines is 1. The van der Waals surface area contributed by atoms with Crippen molar-refractivity contribution in [1.82, 2.24) is 34.1 Å². The molecule has 8 rings (SSSR count). The van der Waals surface area contributed by atoms with Crippen LogP contribution in [0.5, 0.6) is 5.75 Å². The predicted molar refractivity (Wildman–Crippen MR) is 180 cm³/mol. The molecular formula is C36H36F2N8O4. The van der Waals surface area contributed by atoms with Gasteiger partial charge >= 0.3 is 0 Å². The van der Waals surface area contributed by atoms with Gasteiger partial charge in [0.1, 0.15) is 46.9 Å². The molecule has 0 aliphatic carbocycles. The molecule has 50 heavy (non-hydrogen) atoms. The number of fused-ring (bicyclic) bond motifs is 8. The molecule has 1 unspecified atom stereocenters. The van der Waals surface area contributed by atoms with Crippen LogP contribution < -0.4 is 10.1 Å². The quantitative estimate of drug-likeness (QED) is 0.292. The number of nitrogens with zero attached hydrogens (tertiary/aromatic N) is 7. The zero-order valence-electron chi connectivity index (χ0n) is 28.1. The van der Waals surface area contributed by atoms with Crippen molar-refractivity contribution < 1.29 is 27.8 Å². The minimum absolute atomic E-state index is 0.220. The van der Waals surface area contributed by atoms with Crippen molar-refractivity contribution in [3.8, 4) is 22.7 Å². The minimum atomic E-state index is -0.791. The number of hydrogen-bond donors (Lipinski definition) is 1. The number of imidazole rings is 1. The van der Waals surface area contributed by atoms with Crippen molar-refractivity contribution in [2.75, 3.05) is 32.6 Å². The lowest BCUT2D eigenvalue weighted by atomic mass is 10.1. The highest BCUT2D eigenvalue weighted by atomic mass is 19.1. The average molecular weight is 683 g/mol. The SMILES string of the molecule is CO[C@H]1CN(C)C(=O)[C@@H]2C[C@@H](CN2C(=O)c2cnn3c2CC(C)Oc2cc(F)ccc2-3)Nc2cccc(n2)-c2cc(F)cc3nc(C)n(c23)C1. The molecular weight excluding hydrogens is 646 g/mol. The van der Waals surface area contributed by atoms with Crippen molar-refractivity contribution in [3.63, 3.8) is 0 Å². The number of aromatic nitrogens is 5. The maximum Gasteiger partial charge on any atom is 0.258 e. The van der Waals surface area contributed by atoms with Crippen LogP contribution in [0, 0.1) is 18.6 Å². The van der Waals surface area contributed by atoms with Gasteiger partial charge in [-0.25, -0.2) is 23.4 Å². The van der Waals surface area contributed by atoms with Crippen molar-refractivity contribution in [3.05, 3.63) is 83.4 Å². The van der Waals surface area contributed by atoms with Crippen LogP contribution in [0.3, 0.4) is 0 Å². The third-order valence-electron chi connectivity index (χ3n) is 9.85. The Bertz CT molecular complexity index is 2170. The monoisotopic (exact) mass is 682 g/mol. The third kappa shape index (κ3) is 5.43. The average Bonchev–Trinajstić information content (AvgIpc) is 3.75. The minimum Gasteiger partial charge on any atom is -0.488 e. The molecule has 14 heteroatoms.